The monoisotopic (exact) mass is 542 g/mol. The van der Waals surface area contributed by atoms with Crippen molar-refractivity contribution in [2.24, 2.45) is 5.92 Å². The molecule has 0 saturated carbocycles. The summed E-state index contributed by atoms with van der Waals surface area (Å²) in [6.07, 6.45) is 6.59. The molecule has 2 aliphatic heterocycles. The number of morpholine rings is 1. The van der Waals surface area contributed by atoms with E-state index < -0.39 is 11.4 Å². The van der Waals surface area contributed by atoms with Crippen molar-refractivity contribution in [2.45, 2.75) is 25.7 Å². The van der Waals surface area contributed by atoms with E-state index in [9.17, 15) is 9.18 Å². The molecule has 208 valence electrons. The van der Waals surface area contributed by atoms with Crippen LogP contribution in [0.3, 0.4) is 0 Å². The average Bonchev–Trinajstić information content (AvgIpc) is 3.00. The molecule has 0 atom stereocenters. The summed E-state index contributed by atoms with van der Waals surface area (Å²) in [5.41, 5.74) is 2.21. The summed E-state index contributed by atoms with van der Waals surface area (Å²) in [5.74, 6) is 0.312. The van der Waals surface area contributed by atoms with Gasteiger partial charge in [0.1, 0.15) is 0 Å². The second kappa shape index (κ2) is 12.1. The number of hydrogen-bond acceptors (Lipinski definition) is 7. The molecule has 8 nitrogen and oxygen atoms in total. The maximum absolute atomic E-state index is 14.4. The minimum Gasteiger partial charge on any atom is -0.379 e. The van der Waals surface area contributed by atoms with Gasteiger partial charge >= 0.3 is 0 Å². The van der Waals surface area contributed by atoms with Gasteiger partial charge in [-0.3, -0.25) is 14.3 Å². The van der Waals surface area contributed by atoms with Gasteiger partial charge in [-0.25, -0.2) is 9.37 Å². The van der Waals surface area contributed by atoms with Crippen molar-refractivity contribution in [3.8, 4) is 5.69 Å². The Labute approximate surface area is 233 Å². The van der Waals surface area contributed by atoms with Crippen LogP contribution in [0.15, 0.2) is 71.7 Å². The highest BCUT2D eigenvalue weighted by Gasteiger charge is 2.20. The molecule has 2 aromatic carbocycles. The third-order valence-electron chi connectivity index (χ3n) is 8.01. The van der Waals surface area contributed by atoms with Crippen LogP contribution in [0.5, 0.6) is 0 Å². The molecule has 0 radical (unpaired) electrons. The van der Waals surface area contributed by atoms with Crippen LogP contribution in [0, 0.1) is 11.7 Å². The minimum atomic E-state index is -0.840. The summed E-state index contributed by atoms with van der Waals surface area (Å²) < 4.78 is 21.1. The van der Waals surface area contributed by atoms with E-state index in [4.69, 9.17) is 4.74 Å². The lowest BCUT2D eigenvalue weighted by Gasteiger charge is -2.34. The van der Waals surface area contributed by atoms with Gasteiger partial charge in [0.2, 0.25) is 5.95 Å². The zero-order valence-electron chi connectivity index (χ0n) is 22.6. The largest absolute Gasteiger partial charge is 0.379 e. The Bertz CT molecular complexity index is 1480. The fourth-order valence-corrected chi connectivity index (χ4v) is 5.73. The third-order valence-corrected chi connectivity index (χ3v) is 8.01. The van der Waals surface area contributed by atoms with Crippen LogP contribution in [-0.4, -0.2) is 65.4 Å². The summed E-state index contributed by atoms with van der Waals surface area (Å²) in [5, 5.41) is 3.68. The molecule has 2 aromatic heterocycles. The quantitative estimate of drug-likeness (QED) is 0.336. The number of benzene rings is 2. The number of para-hydroxylation sites is 1. The molecule has 2 aliphatic rings. The highest BCUT2D eigenvalue weighted by molar-refractivity contribution is 5.77. The second-order valence-electron chi connectivity index (χ2n) is 10.6. The van der Waals surface area contributed by atoms with E-state index in [2.05, 4.69) is 37.2 Å². The highest BCUT2D eigenvalue weighted by Crippen LogP contribution is 2.28. The number of halogens is 1. The number of piperidine rings is 1. The van der Waals surface area contributed by atoms with Gasteiger partial charge in [-0.05, 0) is 80.6 Å². The highest BCUT2D eigenvalue weighted by atomic mass is 19.1. The molecule has 6 rings (SSSR count). The molecule has 0 bridgehead atoms. The van der Waals surface area contributed by atoms with Gasteiger partial charge in [0.15, 0.2) is 11.5 Å². The van der Waals surface area contributed by atoms with Crippen LogP contribution < -0.4 is 15.8 Å². The Morgan fingerprint density at radius 2 is 1.70 bits per heavy atom. The van der Waals surface area contributed by atoms with Gasteiger partial charge in [0, 0.05) is 49.1 Å². The number of nitrogens with one attached hydrogen (secondary N) is 1. The first kappa shape index (κ1) is 26.4. The van der Waals surface area contributed by atoms with E-state index in [1.807, 2.05) is 18.2 Å². The molecule has 0 amide bonds. The first-order valence-corrected chi connectivity index (χ1v) is 14.2. The van der Waals surface area contributed by atoms with E-state index in [1.165, 1.54) is 54.7 Å². The maximum atomic E-state index is 14.4. The lowest BCUT2D eigenvalue weighted by molar-refractivity contribution is 0.0365. The maximum Gasteiger partial charge on any atom is 0.292 e. The van der Waals surface area contributed by atoms with Crippen LogP contribution in [0.4, 0.5) is 21.7 Å². The lowest BCUT2D eigenvalue weighted by Crippen LogP contribution is -2.37. The number of rotatable bonds is 8. The van der Waals surface area contributed by atoms with Gasteiger partial charge in [-0.2, -0.15) is 4.98 Å². The number of nitrogens with zero attached hydrogens (tertiary/aromatic N) is 5. The van der Waals surface area contributed by atoms with Gasteiger partial charge < -0.3 is 15.0 Å². The molecule has 4 heterocycles. The Morgan fingerprint density at radius 1 is 0.950 bits per heavy atom. The zero-order chi connectivity index (χ0) is 27.3. The smallest absolute Gasteiger partial charge is 0.292 e. The molecular formula is C31H35FN6O2. The number of pyridine rings is 1. The minimum absolute atomic E-state index is 0.342. The zero-order valence-corrected chi connectivity index (χ0v) is 22.6. The Hall–Kier alpha value is -3.82. The van der Waals surface area contributed by atoms with Gasteiger partial charge in [0.25, 0.3) is 5.56 Å². The molecule has 0 aliphatic carbocycles. The molecule has 40 heavy (non-hydrogen) atoms. The summed E-state index contributed by atoms with van der Waals surface area (Å²) in [7, 11) is 0. The fraction of sp³-hybridized carbons (Fsp3) is 0.387. The molecule has 4 aromatic rings. The Morgan fingerprint density at radius 3 is 2.45 bits per heavy atom. The number of ether oxygens (including phenoxy) is 1. The van der Waals surface area contributed by atoms with Crippen LogP contribution >= 0.6 is 0 Å². The van der Waals surface area contributed by atoms with E-state index in [1.54, 1.807) is 24.3 Å². The Balaban J connectivity index is 1.08. The van der Waals surface area contributed by atoms with Crippen LogP contribution in [0.2, 0.25) is 0 Å². The van der Waals surface area contributed by atoms with Gasteiger partial charge in [-0.15, -0.1) is 0 Å². The van der Waals surface area contributed by atoms with Gasteiger partial charge in [0.05, 0.1) is 18.9 Å². The molecule has 0 spiro atoms. The van der Waals surface area contributed by atoms with Crippen molar-refractivity contribution in [3.63, 3.8) is 0 Å². The van der Waals surface area contributed by atoms with Crippen LogP contribution in [-0.2, 0) is 4.74 Å². The van der Waals surface area contributed by atoms with Gasteiger partial charge in [-0.1, -0.05) is 18.2 Å². The predicted octanol–water partition coefficient (Wildman–Crippen LogP) is 4.99. The van der Waals surface area contributed by atoms with Crippen LogP contribution in [0.25, 0.3) is 16.7 Å². The third kappa shape index (κ3) is 6.00. The topological polar surface area (TPSA) is 75.5 Å². The lowest BCUT2D eigenvalue weighted by atomic mass is 9.92. The van der Waals surface area contributed by atoms with Crippen molar-refractivity contribution >= 4 is 28.4 Å². The predicted molar refractivity (Wildman–Crippen MR) is 156 cm³/mol. The van der Waals surface area contributed by atoms with Crippen molar-refractivity contribution in [1.82, 2.24) is 19.4 Å². The van der Waals surface area contributed by atoms with Crippen LogP contribution in [0.1, 0.15) is 25.7 Å². The first-order valence-electron chi connectivity index (χ1n) is 14.2. The van der Waals surface area contributed by atoms with Crippen molar-refractivity contribution in [1.29, 1.82) is 0 Å². The van der Waals surface area contributed by atoms with Crippen molar-refractivity contribution in [2.75, 3.05) is 56.2 Å². The van der Waals surface area contributed by atoms with E-state index >= 15 is 0 Å². The normalized spacial score (nSPS) is 16.9. The second-order valence-corrected chi connectivity index (χ2v) is 10.6. The SMILES string of the molecule is O=c1c(F)cc2cnc(Nc3ccc(N4CCC(CCCN5CCOCC5)CC4)cc3)nc2n1-c1ccccc1. The molecule has 2 fully saturated rings. The fourth-order valence-electron chi connectivity index (χ4n) is 5.73. The Kier molecular flexibility index (Phi) is 8.02. The van der Waals surface area contributed by atoms with E-state index in [-0.39, 0.29) is 0 Å². The molecule has 1 N–H and O–H groups in total. The number of hydrogen-bond donors (Lipinski definition) is 1. The van der Waals surface area contributed by atoms with E-state index in [0.717, 1.165) is 51.0 Å². The molecular weight excluding hydrogens is 507 g/mol. The number of aromatic nitrogens is 3. The molecule has 2 saturated heterocycles. The average molecular weight is 543 g/mol. The van der Waals surface area contributed by atoms with E-state index in [0.29, 0.717) is 22.7 Å². The number of anilines is 3. The standard InChI is InChI=1S/C31H35FN6O2/c32-28-21-24-22-33-31(35-29(24)38(30(28)39)27-6-2-1-3-7-27)34-25-8-10-26(11-9-25)37-15-12-23(13-16-37)5-4-14-36-17-19-40-20-18-36/h1-3,6-11,21-23H,4-5,12-20H2,(H,33,34,35). The first-order chi connectivity index (χ1) is 19.6. The summed E-state index contributed by atoms with van der Waals surface area (Å²) in [4.78, 5) is 26.6. The van der Waals surface area contributed by atoms with Crippen molar-refractivity contribution in [3.05, 3.63) is 83.0 Å². The molecule has 0 unspecified atom stereocenters. The summed E-state index contributed by atoms with van der Waals surface area (Å²) >= 11 is 0. The summed E-state index contributed by atoms with van der Waals surface area (Å²) in [6.45, 7) is 7.25. The number of fused-ring (bicyclic) bond motifs is 1. The van der Waals surface area contributed by atoms with Crippen molar-refractivity contribution < 1.29 is 9.13 Å². The summed E-state index contributed by atoms with van der Waals surface area (Å²) in [6, 6.07) is 18.4. The molecule has 9 heteroatoms.